The monoisotopic (exact) mass is 310 g/mol. The van der Waals surface area contributed by atoms with Crippen LogP contribution in [0.15, 0.2) is 12.1 Å². The van der Waals surface area contributed by atoms with Crippen molar-refractivity contribution >= 4 is 22.3 Å². The molecule has 1 aliphatic rings. The van der Waals surface area contributed by atoms with Crippen LogP contribution in [0.2, 0.25) is 0 Å². The lowest BCUT2D eigenvalue weighted by atomic mass is 10.2. The first-order chi connectivity index (χ1) is 9.97. The van der Waals surface area contributed by atoms with Crippen LogP contribution in [0.1, 0.15) is 28.2 Å². The summed E-state index contributed by atoms with van der Waals surface area (Å²) in [6, 6.07) is 3.74. The van der Waals surface area contributed by atoms with Crippen molar-refractivity contribution in [3.05, 3.63) is 34.0 Å². The number of rotatable bonds is 2. The van der Waals surface area contributed by atoms with Crippen molar-refractivity contribution in [2.24, 2.45) is 0 Å². The highest BCUT2D eigenvalue weighted by atomic mass is 32.1. The Balaban J connectivity index is 1.94. The molecule has 0 saturated heterocycles. The van der Waals surface area contributed by atoms with E-state index in [0.717, 1.165) is 42.0 Å². The topological polar surface area (TPSA) is 61.6 Å². The number of anilines is 2. The fourth-order valence-corrected chi connectivity index (χ4v) is 3.20. The van der Waals surface area contributed by atoms with Gasteiger partial charge < -0.3 is 5.32 Å². The number of pyridine rings is 1. The zero-order valence-corrected chi connectivity index (χ0v) is 11.5. The molecule has 2 aromatic rings. The smallest absolute Gasteiger partial charge is 0.315 e. The molecule has 21 heavy (non-hydrogen) atoms. The van der Waals surface area contributed by atoms with Gasteiger partial charge in [0.05, 0.1) is 11.3 Å². The molecule has 1 N–H and O–H groups in total. The van der Waals surface area contributed by atoms with Crippen LogP contribution in [-0.2, 0) is 19.0 Å². The minimum absolute atomic E-state index is 0.0540. The average Bonchev–Trinajstić information content (AvgIpc) is 2.98. The first kappa shape index (κ1) is 13.8. The van der Waals surface area contributed by atoms with Gasteiger partial charge in [0.1, 0.15) is 11.8 Å². The summed E-state index contributed by atoms with van der Waals surface area (Å²) in [5, 5.41) is 12.2. The molecular weight excluding hydrogens is 301 g/mol. The zero-order valence-electron chi connectivity index (χ0n) is 10.7. The second-order valence-electron chi connectivity index (χ2n) is 4.57. The van der Waals surface area contributed by atoms with Crippen molar-refractivity contribution in [2.75, 3.05) is 5.32 Å². The molecule has 4 nitrogen and oxygen atoms in total. The summed E-state index contributed by atoms with van der Waals surface area (Å²) in [6.07, 6.45) is -1.67. The van der Waals surface area contributed by atoms with Crippen LogP contribution < -0.4 is 5.32 Å². The number of hydrogen-bond donors (Lipinski definition) is 1. The van der Waals surface area contributed by atoms with Gasteiger partial charge in [-0.15, -0.1) is 11.3 Å². The van der Waals surface area contributed by atoms with E-state index in [-0.39, 0.29) is 11.4 Å². The van der Waals surface area contributed by atoms with E-state index in [4.69, 9.17) is 5.26 Å². The van der Waals surface area contributed by atoms with Crippen LogP contribution in [0.25, 0.3) is 0 Å². The molecule has 0 fully saturated rings. The van der Waals surface area contributed by atoms with Crippen LogP contribution in [0.5, 0.6) is 0 Å². The van der Waals surface area contributed by atoms with E-state index >= 15 is 0 Å². The average molecular weight is 310 g/mol. The number of hydrogen-bond acceptors (Lipinski definition) is 5. The Labute approximate surface area is 122 Å². The maximum atomic E-state index is 12.7. The molecule has 0 bridgehead atoms. The lowest BCUT2D eigenvalue weighted by molar-refractivity contribution is -0.141. The molecule has 0 aromatic carbocycles. The molecule has 108 valence electrons. The lowest BCUT2D eigenvalue weighted by Crippen LogP contribution is -2.10. The minimum atomic E-state index is -4.55. The Kier molecular flexibility index (Phi) is 3.29. The molecule has 8 heteroatoms. The van der Waals surface area contributed by atoms with Gasteiger partial charge in [0, 0.05) is 4.88 Å². The minimum Gasteiger partial charge on any atom is -0.315 e. The molecule has 1 aliphatic carbocycles. The first-order valence-electron chi connectivity index (χ1n) is 6.21. The van der Waals surface area contributed by atoms with E-state index in [0.29, 0.717) is 5.13 Å². The molecule has 2 heterocycles. The summed E-state index contributed by atoms with van der Waals surface area (Å²) in [6.45, 7) is 0. The molecule has 0 saturated carbocycles. The highest BCUT2D eigenvalue weighted by molar-refractivity contribution is 7.15. The number of nitrogens with one attached hydrogen (secondary N) is 1. The van der Waals surface area contributed by atoms with E-state index in [1.54, 1.807) is 0 Å². The quantitative estimate of drug-likeness (QED) is 0.919. The van der Waals surface area contributed by atoms with Gasteiger partial charge >= 0.3 is 6.18 Å². The van der Waals surface area contributed by atoms with Crippen LogP contribution in [0.3, 0.4) is 0 Å². The van der Waals surface area contributed by atoms with E-state index in [2.05, 4.69) is 15.3 Å². The van der Waals surface area contributed by atoms with Gasteiger partial charge in [-0.05, 0) is 31.4 Å². The van der Waals surface area contributed by atoms with Gasteiger partial charge in [-0.3, -0.25) is 0 Å². The molecule has 2 aromatic heterocycles. The van der Waals surface area contributed by atoms with Gasteiger partial charge in [-0.1, -0.05) is 0 Å². The zero-order chi connectivity index (χ0) is 15.0. The standard InChI is InChI=1S/C13H9F3N4S/c14-13(15,16)10-5-4-7(6-17)11(19-10)20-12-18-8-2-1-3-9(8)21-12/h4-5H,1-3H2,(H,18,19,20). The Bertz CT molecular complexity index is 708. The predicted octanol–water partition coefficient (Wildman–Crippen LogP) is 3.66. The van der Waals surface area contributed by atoms with Gasteiger partial charge in [-0.2, -0.15) is 18.4 Å². The largest absolute Gasteiger partial charge is 0.433 e. The number of alkyl halides is 3. The summed E-state index contributed by atoms with van der Waals surface area (Å²) in [5.41, 5.74) is -0.000518. The van der Waals surface area contributed by atoms with Crippen molar-refractivity contribution in [1.29, 1.82) is 5.26 Å². The van der Waals surface area contributed by atoms with Gasteiger partial charge in [0.25, 0.3) is 0 Å². The molecular formula is C13H9F3N4S. The predicted molar refractivity (Wildman–Crippen MR) is 71.4 cm³/mol. The summed E-state index contributed by atoms with van der Waals surface area (Å²) >= 11 is 1.40. The van der Waals surface area contributed by atoms with E-state index in [9.17, 15) is 13.2 Å². The number of halogens is 3. The third-order valence-electron chi connectivity index (χ3n) is 3.13. The number of fused-ring (bicyclic) bond motifs is 1. The van der Waals surface area contributed by atoms with Gasteiger partial charge in [0.15, 0.2) is 10.9 Å². The highest BCUT2D eigenvalue weighted by Crippen LogP contribution is 2.34. The third kappa shape index (κ3) is 2.69. The molecule has 0 amide bonds. The molecule has 3 rings (SSSR count). The summed E-state index contributed by atoms with van der Waals surface area (Å²) in [5.74, 6) is -0.111. The number of thiazole rings is 1. The number of nitriles is 1. The van der Waals surface area contributed by atoms with Crippen LogP contribution in [0, 0.1) is 11.3 Å². The number of aryl methyl sites for hydroxylation is 2. The molecule has 0 spiro atoms. The van der Waals surface area contributed by atoms with Crippen LogP contribution in [0.4, 0.5) is 24.1 Å². The number of aromatic nitrogens is 2. The van der Waals surface area contributed by atoms with E-state index in [1.807, 2.05) is 6.07 Å². The van der Waals surface area contributed by atoms with Crippen molar-refractivity contribution in [1.82, 2.24) is 9.97 Å². The second kappa shape index (κ2) is 5.00. The Morgan fingerprint density at radius 2 is 2.05 bits per heavy atom. The van der Waals surface area contributed by atoms with Crippen LogP contribution in [-0.4, -0.2) is 9.97 Å². The number of nitrogens with zero attached hydrogens (tertiary/aromatic N) is 3. The van der Waals surface area contributed by atoms with Gasteiger partial charge in [0.2, 0.25) is 0 Å². The van der Waals surface area contributed by atoms with Gasteiger partial charge in [-0.25, -0.2) is 9.97 Å². The SMILES string of the molecule is N#Cc1ccc(C(F)(F)F)nc1Nc1nc2c(s1)CCC2. The van der Waals surface area contributed by atoms with Crippen LogP contribution >= 0.6 is 11.3 Å². The van der Waals surface area contributed by atoms with Crippen molar-refractivity contribution in [3.8, 4) is 6.07 Å². The van der Waals surface area contributed by atoms with E-state index < -0.39 is 11.9 Å². The molecule has 0 radical (unpaired) electrons. The fraction of sp³-hybridized carbons (Fsp3) is 0.308. The van der Waals surface area contributed by atoms with E-state index in [1.165, 1.54) is 11.3 Å². The Morgan fingerprint density at radius 1 is 1.24 bits per heavy atom. The van der Waals surface area contributed by atoms with Crippen molar-refractivity contribution in [2.45, 2.75) is 25.4 Å². The summed E-state index contributed by atoms with van der Waals surface area (Å²) in [7, 11) is 0. The molecule has 0 unspecified atom stereocenters. The second-order valence-corrected chi connectivity index (χ2v) is 5.65. The van der Waals surface area contributed by atoms with Crippen molar-refractivity contribution < 1.29 is 13.2 Å². The Hall–Kier alpha value is -2.14. The molecule has 0 atom stereocenters. The maximum Gasteiger partial charge on any atom is 0.433 e. The highest BCUT2D eigenvalue weighted by Gasteiger charge is 2.33. The van der Waals surface area contributed by atoms with Crippen molar-refractivity contribution in [3.63, 3.8) is 0 Å². The maximum absolute atomic E-state index is 12.7. The first-order valence-corrected chi connectivity index (χ1v) is 7.03. The third-order valence-corrected chi connectivity index (χ3v) is 4.20. The Morgan fingerprint density at radius 3 is 2.71 bits per heavy atom. The fourth-order valence-electron chi connectivity index (χ4n) is 2.15. The summed E-state index contributed by atoms with van der Waals surface area (Å²) < 4.78 is 38.1. The summed E-state index contributed by atoms with van der Waals surface area (Å²) in [4.78, 5) is 8.97. The lowest BCUT2D eigenvalue weighted by Gasteiger charge is -2.09. The molecule has 0 aliphatic heterocycles. The normalized spacial score (nSPS) is 13.8.